The minimum atomic E-state index is -3.05. The number of ether oxygens (including phenoxy) is 2. The second-order valence-electron chi connectivity index (χ2n) is 4.18. The van der Waals surface area contributed by atoms with E-state index in [1.165, 1.54) is 25.3 Å². The lowest BCUT2D eigenvalue weighted by Gasteiger charge is -2.14. The minimum Gasteiger partial charge on any atom is -0.493 e. The van der Waals surface area contributed by atoms with E-state index >= 15 is 0 Å². The van der Waals surface area contributed by atoms with Gasteiger partial charge >= 0.3 is 6.61 Å². The van der Waals surface area contributed by atoms with Gasteiger partial charge in [-0.1, -0.05) is 6.07 Å². The molecule has 2 aromatic carbocycles. The summed E-state index contributed by atoms with van der Waals surface area (Å²) in [7, 11) is 1.31. The van der Waals surface area contributed by atoms with E-state index in [1.807, 2.05) is 12.1 Å². The van der Waals surface area contributed by atoms with Crippen molar-refractivity contribution in [3.8, 4) is 11.5 Å². The zero-order chi connectivity index (χ0) is 16.1. The molecular weight excluding hydrogens is 407 g/mol. The smallest absolute Gasteiger partial charge is 0.387 e. The normalized spacial score (nSPS) is 10.4. The van der Waals surface area contributed by atoms with Crippen molar-refractivity contribution in [3.05, 3.63) is 51.6 Å². The van der Waals surface area contributed by atoms with E-state index in [9.17, 15) is 13.6 Å². The van der Waals surface area contributed by atoms with Crippen molar-refractivity contribution in [2.75, 3.05) is 12.4 Å². The number of hydrogen-bond donors (Lipinski definition) is 1. The molecule has 2 rings (SSSR count). The zero-order valence-electron chi connectivity index (χ0n) is 11.5. The second kappa shape index (κ2) is 7.39. The van der Waals surface area contributed by atoms with E-state index in [4.69, 9.17) is 4.74 Å². The summed E-state index contributed by atoms with van der Waals surface area (Å²) in [4.78, 5) is 12.3. The zero-order valence-corrected chi connectivity index (χ0v) is 13.6. The molecule has 0 bridgehead atoms. The van der Waals surface area contributed by atoms with Crippen molar-refractivity contribution in [1.29, 1.82) is 0 Å². The molecule has 0 aliphatic rings. The van der Waals surface area contributed by atoms with Gasteiger partial charge in [-0.15, -0.1) is 0 Å². The van der Waals surface area contributed by atoms with Crippen LogP contribution in [0.15, 0.2) is 42.5 Å². The number of amides is 1. The summed E-state index contributed by atoms with van der Waals surface area (Å²) in [6.45, 7) is -3.05. The topological polar surface area (TPSA) is 47.6 Å². The fourth-order valence-corrected chi connectivity index (χ4v) is 2.16. The van der Waals surface area contributed by atoms with Crippen molar-refractivity contribution in [1.82, 2.24) is 0 Å². The molecule has 0 fully saturated rings. The first-order valence-corrected chi connectivity index (χ1v) is 7.28. The number of benzene rings is 2. The van der Waals surface area contributed by atoms with Gasteiger partial charge in [0.1, 0.15) is 0 Å². The van der Waals surface area contributed by atoms with Crippen molar-refractivity contribution >= 4 is 34.2 Å². The largest absolute Gasteiger partial charge is 0.493 e. The van der Waals surface area contributed by atoms with E-state index in [0.717, 1.165) is 3.57 Å². The van der Waals surface area contributed by atoms with Crippen LogP contribution in [0.2, 0.25) is 0 Å². The van der Waals surface area contributed by atoms with Gasteiger partial charge in [0.15, 0.2) is 11.5 Å². The molecule has 2 aromatic rings. The summed E-state index contributed by atoms with van der Waals surface area (Å²) in [6.07, 6.45) is 0. The molecule has 1 N–H and O–H groups in total. The lowest BCUT2D eigenvalue weighted by molar-refractivity contribution is -0.0515. The van der Waals surface area contributed by atoms with Gasteiger partial charge in [0.2, 0.25) is 0 Å². The van der Waals surface area contributed by atoms with Gasteiger partial charge in [0.05, 0.1) is 12.7 Å². The molecule has 4 nitrogen and oxygen atoms in total. The summed E-state index contributed by atoms with van der Waals surface area (Å²) in [5, 5.41) is 2.63. The van der Waals surface area contributed by atoms with Crippen LogP contribution in [-0.2, 0) is 0 Å². The molecule has 0 unspecified atom stereocenters. The molecule has 0 aliphatic carbocycles. The molecule has 116 valence electrons. The maximum Gasteiger partial charge on any atom is 0.387 e. The Kier molecular flexibility index (Phi) is 5.53. The fraction of sp³-hybridized carbons (Fsp3) is 0.133. The Morgan fingerprint density at radius 2 is 1.86 bits per heavy atom. The highest BCUT2D eigenvalue weighted by Crippen LogP contribution is 2.33. The molecular formula is C15H12F2INO3. The van der Waals surface area contributed by atoms with E-state index in [-0.39, 0.29) is 17.1 Å². The molecule has 0 aliphatic heterocycles. The third-order valence-electron chi connectivity index (χ3n) is 2.75. The van der Waals surface area contributed by atoms with Crippen LogP contribution in [0.4, 0.5) is 14.5 Å². The average molecular weight is 419 g/mol. The number of alkyl halides is 2. The van der Waals surface area contributed by atoms with Crippen LogP contribution in [0.1, 0.15) is 10.4 Å². The van der Waals surface area contributed by atoms with Crippen molar-refractivity contribution in [3.63, 3.8) is 0 Å². The summed E-state index contributed by atoms with van der Waals surface area (Å²) < 4.78 is 35.5. The van der Waals surface area contributed by atoms with Gasteiger partial charge in [-0.3, -0.25) is 4.79 Å². The number of nitrogens with one attached hydrogen (secondary N) is 1. The number of rotatable bonds is 5. The Hall–Kier alpha value is -1.90. The van der Waals surface area contributed by atoms with E-state index < -0.39 is 12.5 Å². The van der Waals surface area contributed by atoms with Gasteiger partial charge in [0, 0.05) is 9.26 Å². The summed E-state index contributed by atoms with van der Waals surface area (Å²) >= 11 is 2.14. The van der Waals surface area contributed by atoms with Gasteiger partial charge < -0.3 is 14.8 Å². The maximum absolute atomic E-state index is 12.5. The Morgan fingerprint density at radius 3 is 2.45 bits per heavy atom. The van der Waals surface area contributed by atoms with Crippen LogP contribution in [0.25, 0.3) is 0 Å². The summed E-state index contributed by atoms with van der Waals surface area (Å²) in [6, 6.07) is 11.4. The molecule has 0 aromatic heterocycles. The highest BCUT2D eigenvalue weighted by molar-refractivity contribution is 14.1. The molecule has 0 heterocycles. The molecule has 22 heavy (non-hydrogen) atoms. The molecule has 0 radical (unpaired) electrons. The number of halogens is 3. The number of methoxy groups -OCH3 is 1. The summed E-state index contributed by atoms with van der Waals surface area (Å²) in [5.74, 6) is -0.783. The quantitative estimate of drug-likeness (QED) is 0.741. The Balaban J connectivity index is 2.30. The number of carbonyl (C=O) groups excluding carboxylic acids is 1. The first kappa shape index (κ1) is 16.5. The molecule has 1 amide bonds. The molecule has 0 saturated carbocycles. The van der Waals surface area contributed by atoms with Crippen LogP contribution >= 0.6 is 22.6 Å². The lowest BCUT2D eigenvalue weighted by Crippen LogP contribution is -2.15. The number of anilines is 1. The highest BCUT2D eigenvalue weighted by Gasteiger charge is 2.20. The first-order chi connectivity index (χ1) is 10.5. The van der Waals surface area contributed by atoms with Crippen LogP contribution < -0.4 is 14.8 Å². The lowest BCUT2D eigenvalue weighted by atomic mass is 10.1. The maximum atomic E-state index is 12.5. The predicted molar refractivity (Wildman–Crippen MR) is 86.7 cm³/mol. The second-order valence-corrected chi connectivity index (χ2v) is 5.42. The van der Waals surface area contributed by atoms with E-state index in [0.29, 0.717) is 5.69 Å². The van der Waals surface area contributed by atoms with E-state index in [2.05, 4.69) is 32.6 Å². The average Bonchev–Trinajstić information content (AvgIpc) is 2.49. The van der Waals surface area contributed by atoms with Crippen LogP contribution in [-0.4, -0.2) is 19.6 Å². The van der Waals surface area contributed by atoms with Gasteiger partial charge in [-0.25, -0.2) is 0 Å². The Morgan fingerprint density at radius 1 is 1.18 bits per heavy atom. The highest BCUT2D eigenvalue weighted by atomic mass is 127. The fourth-order valence-electron chi connectivity index (χ4n) is 1.80. The van der Waals surface area contributed by atoms with Crippen molar-refractivity contribution in [2.45, 2.75) is 6.61 Å². The molecule has 0 spiro atoms. The number of para-hydroxylation sites is 1. The SMILES string of the molecule is COc1cccc(C(=O)Nc2ccc(I)cc2)c1OC(F)F. The van der Waals surface area contributed by atoms with Crippen molar-refractivity contribution < 1.29 is 23.0 Å². The van der Waals surface area contributed by atoms with Crippen LogP contribution in [0.5, 0.6) is 11.5 Å². The molecule has 7 heteroatoms. The number of carbonyl (C=O) groups is 1. The van der Waals surface area contributed by atoms with Crippen molar-refractivity contribution in [2.24, 2.45) is 0 Å². The van der Waals surface area contributed by atoms with Crippen LogP contribution in [0, 0.1) is 3.57 Å². The molecule has 0 saturated heterocycles. The van der Waals surface area contributed by atoms with Gasteiger partial charge in [-0.05, 0) is 59.0 Å². The number of hydrogen-bond acceptors (Lipinski definition) is 3. The standard InChI is InChI=1S/C15H12F2INO3/c1-21-12-4-2-3-11(13(12)22-15(16)17)14(20)19-10-7-5-9(18)6-8-10/h2-8,15H,1H3,(H,19,20). The van der Waals surface area contributed by atoms with Crippen LogP contribution in [0.3, 0.4) is 0 Å². The first-order valence-electron chi connectivity index (χ1n) is 6.20. The Bertz CT molecular complexity index is 662. The third kappa shape index (κ3) is 4.06. The third-order valence-corrected chi connectivity index (χ3v) is 3.47. The monoisotopic (exact) mass is 419 g/mol. The molecule has 0 atom stereocenters. The summed E-state index contributed by atoms with van der Waals surface area (Å²) in [5.41, 5.74) is 0.523. The van der Waals surface area contributed by atoms with Gasteiger partial charge in [-0.2, -0.15) is 8.78 Å². The Labute approximate surface area is 139 Å². The van der Waals surface area contributed by atoms with E-state index in [1.54, 1.807) is 12.1 Å². The van der Waals surface area contributed by atoms with Gasteiger partial charge in [0.25, 0.3) is 5.91 Å². The minimum absolute atomic E-state index is 0.0294. The predicted octanol–water partition coefficient (Wildman–Crippen LogP) is 4.15.